The van der Waals surface area contributed by atoms with E-state index in [1.807, 2.05) is 0 Å². The number of amides is 2. The molecule has 0 bridgehead atoms. The fraction of sp³-hybridized carbons (Fsp3) is 0.125. The topological polar surface area (TPSA) is 115 Å². The van der Waals surface area contributed by atoms with Gasteiger partial charge in [0.05, 0.1) is 15.6 Å². The van der Waals surface area contributed by atoms with Crippen molar-refractivity contribution in [3.63, 3.8) is 0 Å². The Morgan fingerprint density at radius 1 is 1.20 bits per heavy atom. The maximum Gasteiger partial charge on any atom is 0.283 e. The van der Waals surface area contributed by atoms with Gasteiger partial charge in [-0.3, -0.25) is 19.7 Å². The summed E-state index contributed by atoms with van der Waals surface area (Å²) in [5.41, 5.74) is 5.79. The van der Waals surface area contributed by atoms with Crippen molar-refractivity contribution in [1.82, 2.24) is 5.32 Å². The summed E-state index contributed by atoms with van der Waals surface area (Å²) in [5, 5.41) is 14.4. The molecule has 2 amide bonds. The van der Waals surface area contributed by atoms with E-state index in [0.29, 0.717) is 11.6 Å². The molecule has 7 nitrogen and oxygen atoms in total. The van der Waals surface area contributed by atoms with Crippen LogP contribution >= 0.6 is 23.4 Å². The van der Waals surface area contributed by atoms with Crippen LogP contribution in [-0.2, 0) is 11.3 Å². The number of carbonyl (C=O) groups excluding carboxylic acids is 2. The molecule has 2 aromatic rings. The Hall–Kier alpha value is -2.58. The molecule has 0 radical (unpaired) electrons. The molecular weight excluding hydrogens is 366 g/mol. The Morgan fingerprint density at radius 2 is 1.88 bits per heavy atom. The Bertz CT molecular complexity index is 812. The number of thioether (sulfide) groups is 1. The molecule has 0 atom stereocenters. The fourth-order valence-corrected chi connectivity index (χ4v) is 2.89. The van der Waals surface area contributed by atoms with Crippen molar-refractivity contribution in [3.8, 4) is 0 Å². The lowest BCUT2D eigenvalue weighted by atomic mass is 10.2. The number of nitrogens with two attached hydrogens (primary N) is 1. The number of hydrogen-bond acceptors (Lipinski definition) is 5. The van der Waals surface area contributed by atoms with Gasteiger partial charge in [0.2, 0.25) is 11.8 Å². The average molecular weight is 380 g/mol. The van der Waals surface area contributed by atoms with Crippen LogP contribution in [0.5, 0.6) is 0 Å². The Balaban J connectivity index is 1.95. The maximum absolute atomic E-state index is 11.9. The molecular formula is C16H14ClN3O4S. The molecule has 130 valence electrons. The molecule has 0 aliphatic heterocycles. The molecule has 0 unspecified atom stereocenters. The number of nitro groups is 1. The minimum atomic E-state index is -0.750. The van der Waals surface area contributed by atoms with Crippen LogP contribution in [0.4, 0.5) is 5.69 Å². The van der Waals surface area contributed by atoms with Crippen molar-refractivity contribution in [1.29, 1.82) is 0 Å². The van der Waals surface area contributed by atoms with Gasteiger partial charge in [-0.05, 0) is 29.8 Å². The SMILES string of the molecule is NC(=O)c1ccc(SCC(=O)NCc2ccc(Cl)cc2)c([N+](=O)[O-])c1. The van der Waals surface area contributed by atoms with Crippen LogP contribution in [0.25, 0.3) is 0 Å². The number of carbonyl (C=O) groups is 2. The number of nitrogens with one attached hydrogen (secondary N) is 1. The molecule has 0 saturated carbocycles. The van der Waals surface area contributed by atoms with Gasteiger partial charge in [0.15, 0.2) is 0 Å². The number of benzene rings is 2. The van der Waals surface area contributed by atoms with Crippen LogP contribution in [0.2, 0.25) is 5.02 Å². The van der Waals surface area contributed by atoms with Gasteiger partial charge in [-0.2, -0.15) is 0 Å². The summed E-state index contributed by atoms with van der Waals surface area (Å²) in [5.74, 6) is -1.02. The van der Waals surface area contributed by atoms with Crippen molar-refractivity contribution >= 4 is 40.9 Å². The zero-order valence-electron chi connectivity index (χ0n) is 12.9. The molecule has 2 rings (SSSR count). The van der Waals surface area contributed by atoms with Crippen molar-refractivity contribution in [2.45, 2.75) is 11.4 Å². The molecule has 25 heavy (non-hydrogen) atoms. The second-order valence-electron chi connectivity index (χ2n) is 5.00. The van der Waals surface area contributed by atoms with Crippen LogP contribution in [-0.4, -0.2) is 22.5 Å². The first kappa shape index (κ1) is 18.8. The molecule has 9 heteroatoms. The van der Waals surface area contributed by atoms with Crippen molar-refractivity contribution < 1.29 is 14.5 Å². The number of halogens is 1. The summed E-state index contributed by atoms with van der Waals surface area (Å²) in [6.07, 6.45) is 0. The zero-order valence-corrected chi connectivity index (χ0v) is 14.5. The van der Waals surface area contributed by atoms with Gasteiger partial charge < -0.3 is 11.1 Å². The molecule has 0 spiro atoms. The largest absolute Gasteiger partial charge is 0.366 e. The van der Waals surface area contributed by atoms with Gasteiger partial charge in [0.25, 0.3) is 5.69 Å². The van der Waals surface area contributed by atoms with Crippen LogP contribution in [0.1, 0.15) is 15.9 Å². The lowest BCUT2D eigenvalue weighted by Crippen LogP contribution is -2.24. The average Bonchev–Trinajstić information content (AvgIpc) is 2.59. The van der Waals surface area contributed by atoms with E-state index < -0.39 is 10.8 Å². The highest BCUT2D eigenvalue weighted by Crippen LogP contribution is 2.29. The van der Waals surface area contributed by atoms with Gasteiger partial charge in [-0.25, -0.2) is 0 Å². The van der Waals surface area contributed by atoms with E-state index in [2.05, 4.69) is 5.32 Å². The van der Waals surface area contributed by atoms with E-state index in [-0.39, 0.29) is 27.8 Å². The summed E-state index contributed by atoms with van der Waals surface area (Å²) in [6, 6.07) is 10.9. The predicted molar refractivity (Wildman–Crippen MR) is 95.6 cm³/mol. The summed E-state index contributed by atoms with van der Waals surface area (Å²) < 4.78 is 0. The standard InChI is InChI=1S/C16H14ClN3O4S/c17-12-4-1-10(2-5-12)8-19-15(21)9-25-14-6-3-11(16(18)22)7-13(14)20(23)24/h1-7H,8-9H2,(H2,18,22)(H,19,21). The minimum absolute atomic E-state index is 0.00431. The molecule has 0 aliphatic carbocycles. The normalized spacial score (nSPS) is 10.3. The second-order valence-corrected chi connectivity index (χ2v) is 6.45. The third-order valence-corrected chi connectivity index (χ3v) is 4.52. The van der Waals surface area contributed by atoms with Gasteiger partial charge in [-0.15, -0.1) is 11.8 Å². The molecule has 0 aromatic heterocycles. The first-order valence-electron chi connectivity index (χ1n) is 7.09. The monoisotopic (exact) mass is 379 g/mol. The van der Waals surface area contributed by atoms with Gasteiger partial charge in [-0.1, -0.05) is 23.7 Å². The van der Waals surface area contributed by atoms with Gasteiger partial charge in [0, 0.05) is 23.2 Å². The van der Waals surface area contributed by atoms with E-state index in [9.17, 15) is 19.7 Å². The summed E-state index contributed by atoms with van der Waals surface area (Å²) in [6.45, 7) is 0.333. The summed E-state index contributed by atoms with van der Waals surface area (Å²) in [7, 11) is 0. The third kappa shape index (κ3) is 5.47. The smallest absolute Gasteiger partial charge is 0.283 e. The molecule has 3 N–H and O–H groups in total. The highest BCUT2D eigenvalue weighted by molar-refractivity contribution is 8.00. The van der Waals surface area contributed by atoms with Crippen molar-refractivity contribution in [2.24, 2.45) is 5.73 Å². The Kier molecular flexibility index (Phi) is 6.37. The number of hydrogen-bond donors (Lipinski definition) is 2. The highest BCUT2D eigenvalue weighted by atomic mass is 35.5. The maximum atomic E-state index is 11.9. The molecule has 0 fully saturated rings. The van der Waals surface area contributed by atoms with E-state index in [0.717, 1.165) is 23.4 Å². The first-order valence-corrected chi connectivity index (χ1v) is 8.45. The van der Waals surface area contributed by atoms with Crippen LogP contribution in [0.3, 0.4) is 0 Å². The molecule has 0 heterocycles. The quantitative estimate of drug-likeness (QED) is 0.436. The zero-order chi connectivity index (χ0) is 18.4. The fourth-order valence-electron chi connectivity index (χ4n) is 1.93. The lowest BCUT2D eigenvalue weighted by molar-refractivity contribution is -0.387. The minimum Gasteiger partial charge on any atom is -0.366 e. The van der Waals surface area contributed by atoms with Gasteiger partial charge in [0.1, 0.15) is 0 Å². The molecule has 0 saturated heterocycles. The lowest BCUT2D eigenvalue weighted by Gasteiger charge is -2.06. The van der Waals surface area contributed by atoms with Gasteiger partial charge >= 0.3 is 0 Å². The van der Waals surface area contributed by atoms with Crippen LogP contribution < -0.4 is 11.1 Å². The molecule has 0 aliphatic rings. The van der Waals surface area contributed by atoms with E-state index >= 15 is 0 Å². The predicted octanol–water partition coefficient (Wildman–Crippen LogP) is 2.76. The second kappa shape index (κ2) is 8.50. The number of nitrogens with zero attached hydrogens (tertiary/aromatic N) is 1. The van der Waals surface area contributed by atoms with E-state index in [1.54, 1.807) is 24.3 Å². The Labute approximate surface area is 152 Å². The number of nitro benzene ring substituents is 1. The highest BCUT2D eigenvalue weighted by Gasteiger charge is 2.17. The van der Waals surface area contributed by atoms with Crippen LogP contribution in [0, 0.1) is 10.1 Å². The summed E-state index contributed by atoms with van der Waals surface area (Å²) in [4.78, 5) is 33.8. The first-order chi connectivity index (χ1) is 11.9. The van der Waals surface area contributed by atoms with E-state index in [1.165, 1.54) is 12.1 Å². The molecule has 2 aromatic carbocycles. The number of primary amides is 1. The summed E-state index contributed by atoms with van der Waals surface area (Å²) >= 11 is 6.80. The van der Waals surface area contributed by atoms with Crippen molar-refractivity contribution in [3.05, 3.63) is 68.7 Å². The Morgan fingerprint density at radius 3 is 2.48 bits per heavy atom. The van der Waals surface area contributed by atoms with E-state index in [4.69, 9.17) is 17.3 Å². The number of rotatable bonds is 7. The third-order valence-electron chi connectivity index (χ3n) is 3.20. The van der Waals surface area contributed by atoms with Crippen LogP contribution in [0.15, 0.2) is 47.4 Å². The van der Waals surface area contributed by atoms with Crippen molar-refractivity contribution in [2.75, 3.05) is 5.75 Å².